The van der Waals surface area contributed by atoms with Crippen LogP contribution in [0.25, 0.3) is 0 Å². The van der Waals surface area contributed by atoms with Gasteiger partial charge < -0.3 is 10.1 Å². The van der Waals surface area contributed by atoms with Crippen molar-refractivity contribution in [3.63, 3.8) is 0 Å². The number of anilines is 1. The molecule has 4 heteroatoms. The summed E-state index contributed by atoms with van der Waals surface area (Å²) in [5.74, 6) is 0.123. The van der Waals surface area contributed by atoms with E-state index in [-0.39, 0.29) is 11.6 Å². The zero-order valence-electron chi connectivity index (χ0n) is 13.3. The van der Waals surface area contributed by atoms with Crippen LogP contribution in [-0.4, -0.2) is 12.4 Å². The van der Waals surface area contributed by atoms with Crippen LogP contribution in [0.15, 0.2) is 65.9 Å². The van der Waals surface area contributed by atoms with Gasteiger partial charge in [0.15, 0.2) is 5.78 Å². The number of carbonyl (C=O) groups is 1. The average Bonchev–Trinajstić information content (AvgIpc) is 2.79. The van der Waals surface area contributed by atoms with Gasteiger partial charge in [-0.1, -0.05) is 30.4 Å². The fourth-order valence-electron chi connectivity index (χ4n) is 2.24. The second-order valence-electron chi connectivity index (χ2n) is 5.04. The summed E-state index contributed by atoms with van der Waals surface area (Å²) in [6.07, 6.45) is 11.9. The minimum atomic E-state index is -0.367. The lowest BCUT2D eigenvalue weighted by molar-refractivity contribution is -0.113. The lowest BCUT2D eigenvalue weighted by Crippen LogP contribution is -2.05. The molecule has 1 aliphatic carbocycles. The Morgan fingerprint density at radius 2 is 2.17 bits per heavy atom. The highest BCUT2D eigenvalue weighted by Gasteiger charge is 2.11. The monoisotopic (exact) mass is 313 g/mol. The first-order valence-corrected chi connectivity index (χ1v) is 7.54. The van der Waals surface area contributed by atoms with Gasteiger partial charge in [-0.15, -0.1) is 0 Å². The maximum atomic E-state index is 13.5. The second-order valence-corrected chi connectivity index (χ2v) is 5.04. The highest BCUT2D eigenvalue weighted by Crippen LogP contribution is 2.26. The van der Waals surface area contributed by atoms with E-state index < -0.39 is 0 Å². The molecule has 1 N–H and O–H groups in total. The van der Waals surface area contributed by atoms with Crippen LogP contribution < -0.4 is 10.1 Å². The van der Waals surface area contributed by atoms with Gasteiger partial charge in [0.05, 0.1) is 12.3 Å². The van der Waals surface area contributed by atoms with Gasteiger partial charge in [0, 0.05) is 17.8 Å². The molecule has 1 aromatic carbocycles. The Morgan fingerprint density at radius 1 is 1.35 bits per heavy atom. The molecule has 23 heavy (non-hydrogen) atoms. The van der Waals surface area contributed by atoms with Crippen molar-refractivity contribution in [2.45, 2.75) is 20.3 Å². The third-order valence-electron chi connectivity index (χ3n) is 3.33. The Balaban J connectivity index is 2.30. The quantitative estimate of drug-likeness (QED) is 0.783. The SMILES string of the molecule is CCOc1ccc(F)cc1N/C=C(\C(C)=O)C1=CC=CC=CC1. The topological polar surface area (TPSA) is 38.3 Å². The number of benzene rings is 1. The predicted octanol–water partition coefficient (Wildman–Crippen LogP) is 4.55. The lowest BCUT2D eigenvalue weighted by Gasteiger charge is -2.12. The number of nitrogens with one attached hydrogen (secondary N) is 1. The highest BCUT2D eigenvalue weighted by molar-refractivity contribution is 5.98. The van der Waals surface area contributed by atoms with Gasteiger partial charge in [0.1, 0.15) is 11.6 Å². The van der Waals surface area contributed by atoms with Crippen molar-refractivity contribution in [3.05, 3.63) is 71.7 Å². The molecule has 0 fully saturated rings. The van der Waals surface area contributed by atoms with Crippen LogP contribution in [0.5, 0.6) is 5.75 Å². The maximum absolute atomic E-state index is 13.5. The van der Waals surface area contributed by atoms with Gasteiger partial charge in [0.2, 0.25) is 0 Å². The molecule has 0 amide bonds. The maximum Gasteiger partial charge on any atom is 0.161 e. The van der Waals surface area contributed by atoms with E-state index in [0.717, 1.165) is 5.57 Å². The lowest BCUT2D eigenvalue weighted by atomic mass is 10.0. The summed E-state index contributed by atoms with van der Waals surface area (Å²) in [4.78, 5) is 12.0. The van der Waals surface area contributed by atoms with Gasteiger partial charge in [-0.2, -0.15) is 0 Å². The smallest absolute Gasteiger partial charge is 0.161 e. The van der Waals surface area contributed by atoms with E-state index in [4.69, 9.17) is 4.74 Å². The Labute approximate surface area is 135 Å². The summed E-state index contributed by atoms with van der Waals surface area (Å²) in [6.45, 7) is 3.85. The molecular formula is C19H20FNO2. The molecule has 0 saturated heterocycles. The Morgan fingerprint density at radius 3 is 2.91 bits per heavy atom. The van der Waals surface area contributed by atoms with Gasteiger partial charge in [0.25, 0.3) is 0 Å². The van der Waals surface area contributed by atoms with Crippen molar-refractivity contribution >= 4 is 11.5 Å². The molecule has 0 aliphatic heterocycles. The minimum Gasteiger partial charge on any atom is -0.492 e. The summed E-state index contributed by atoms with van der Waals surface area (Å²) in [5.41, 5.74) is 1.96. The van der Waals surface area contributed by atoms with Crippen molar-refractivity contribution in [3.8, 4) is 5.75 Å². The number of halogens is 1. The molecule has 0 saturated carbocycles. The Hall–Kier alpha value is -2.62. The Bertz CT molecular complexity index is 699. The summed E-state index contributed by atoms with van der Waals surface area (Å²) < 4.78 is 18.9. The summed E-state index contributed by atoms with van der Waals surface area (Å²) >= 11 is 0. The molecule has 0 spiro atoms. The van der Waals surface area contributed by atoms with Crippen LogP contribution in [-0.2, 0) is 4.79 Å². The number of carbonyl (C=O) groups excluding carboxylic acids is 1. The zero-order chi connectivity index (χ0) is 16.7. The van der Waals surface area contributed by atoms with Crippen LogP contribution in [0.4, 0.5) is 10.1 Å². The van der Waals surface area contributed by atoms with E-state index in [9.17, 15) is 9.18 Å². The van der Waals surface area contributed by atoms with E-state index in [1.165, 1.54) is 19.1 Å². The molecule has 0 heterocycles. The fraction of sp³-hybridized carbons (Fsp3) is 0.211. The minimum absolute atomic E-state index is 0.0539. The number of rotatable bonds is 6. The molecule has 3 nitrogen and oxygen atoms in total. The van der Waals surface area contributed by atoms with Crippen LogP contribution in [0.1, 0.15) is 20.3 Å². The van der Waals surface area contributed by atoms with E-state index in [1.807, 2.05) is 37.3 Å². The Kier molecular flexibility index (Phi) is 5.92. The number of ether oxygens (including phenoxy) is 1. The zero-order valence-corrected chi connectivity index (χ0v) is 13.3. The van der Waals surface area contributed by atoms with Crippen LogP contribution >= 0.6 is 0 Å². The van der Waals surface area contributed by atoms with E-state index >= 15 is 0 Å². The molecule has 1 aliphatic rings. The highest BCUT2D eigenvalue weighted by atomic mass is 19.1. The standard InChI is InChI=1S/C19H20FNO2/c1-3-23-19-11-10-16(20)12-18(19)21-13-17(14(2)22)15-8-6-4-5-7-9-15/h4-8,10-13,21H,3,9H2,1-2H3/b17-13+. The number of ketones is 1. The van der Waals surface area contributed by atoms with E-state index in [2.05, 4.69) is 5.32 Å². The first-order chi connectivity index (χ1) is 11.1. The van der Waals surface area contributed by atoms with E-state index in [0.29, 0.717) is 30.0 Å². The van der Waals surface area contributed by atoms with Crippen LogP contribution in [0.2, 0.25) is 0 Å². The van der Waals surface area contributed by atoms with Crippen molar-refractivity contribution in [1.82, 2.24) is 0 Å². The third kappa shape index (κ3) is 4.68. The van der Waals surface area contributed by atoms with Crippen molar-refractivity contribution < 1.29 is 13.9 Å². The van der Waals surface area contributed by atoms with Crippen molar-refractivity contribution in [1.29, 1.82) is 0 Å². The number of hydrogen-bond donors (Lipinski definition) is 1. The van der Waals surface area contributed by atoms with E-state index in [1.54, 1.807) is 12.3 Å². The molecular weight excluding hydrogens is 293 g/mol. The average molecular weight is 313 g/mol. The van der Waals surface area contributed by atoms with Crippen LogP contribution in [0, 0.1) is 5.82 Å². The molecule has 120 valence electrons. The first kappa shape index (κ1) is 16.7. The molecule has 0 atom stereocenters. The molecule has 2 rings (SSSR count). The van der Waals surface area contributed by atoms with Gasteiger partial charge in [-0.3, -0.25) is 4.79 Å². The van der Waals surface area contributed by atoms with Gasteiger partial charge in [-0.05, 0) is 38.0 Å². The molecule has 0 bridgehead atoms. The normalized spacial score (nSPS) is 14.2. The fourth-order valence-corrected chi connectivity index (χ4v) is 2.24. The molecule has 0 radical (unpaired) electrons. The number of hydrogen-bond acceptors (Lipinski definition) is 3. The van der Waals surface area contributed by atoms with Gasteiger partial charge in [-0.25, -0.2) is 4.39 Å². The first-order valence-electron chi connectivity index (χ1n) is 7.54. The van der Waals surface area contributed by atoms with Crippen molar-refractivity contribution in [2.24, 2.45) is 0 Å². The predicted molar refractivity (Wildman–Crippen MR) is 90.9 cm³/mol. The molecule has 0 unspecified atom stereocenters. The third-order valence-corrected chi connectivity index (χ3v) is 3.33. The largest absolute Gasteiger partial charge is 0.492 e. The van der Waals surface area contributed by atoms with Gasteiger partial charge >= 0.3 is 0 Å². The number of Topliss-reactive ketones (excluding diaryl/α,β-unsaturated/α-hetero) is 1. The molecule has 0 aromatic heterocycles. The summed E-state index contributed by atoms with van der Waals surface area (Å²) in [5, 5.41) is 3.00. The van der Waals surface area contributed by atoms with Crippen molar-refractivity contribution in [2.75, 3.05) is 11.9 Å². The second kappa shape index (κ2) is 8.13. The number of allylic oxidation sites excluding steroid dienone is 7. The summed E-state index contributed by atoms with van der Waals surface area (Å²) in [7, 11) is 0. The molecule has 1 aromatic rings. The van der Waals surface area contributed by atoms with Crippen LogP contribution in [0.3, 0.4) is 0 Å². The summed E-state index contributed by atoms with van der Waals surface area (Å²) in [6, 6.07) is 4.26.